The van der Waals surface area contributed by atoms with Gasteiger partial charge in [0.1, 0.15) is 0 Å². The fourth-order valence-electron chi connectivity index (χ4n) is 4.63. The molecule has 2 aliphatic rings. The molecule has 5 rings (SSSR count). The van der Waals surface area contributed by atoms with Crippen LogP contribution >= 0.6 is 11.3 Å². The number of anilines is 1. The predicted octanol–water partition coefficient (Wildman–Crippen LogP) is 4.10. The third-order valence-electron chi connectivity index (χ3n) is 6.04. The Kier molecular flexibility index (Phi) is 4.51. The maximum absolute atomic E-state index is 12.6. The number of aromatic nitrogens is 2. The van der Waals surface area contributed by atoms with Gasteiger partial charge in [-0.05, 0) is 43.5 Å². The summed E-state index contributed by atoms with van der Waals surface area (Å²) >= 11 is 1.78. The van der Waals surface area contributed by atoms with Crippen molar-refractivity contribution in [3.05, 3.63) is 54.4 Å². The van der Waals surface area contributed by atoms with Crippen molar-refractivity contribution >= 4 is 32.6 Å². The van der Waals surface area contributed by atoms with Crippen molar-refractivity contribution in [1.29, 1.82) is 0 Å². The van der Waals surface area contributed by atoms with Gasteiger partial charge in [0.05, 0.1) is 22.5 Å². The molecule has 0 unspecified atom stereocenters. The lowest BCUT2D eigenvalue weighted by atomic mass is 9.73. The second kappa shape index (κ2) is 7.17. The van der Waals surface area contributed by atoms with Crippen LogP contribution in [0.5, 0.6) is 0 Å². The van der Waals surface area contributed by atoms with Gasteiger partial charge in [-0.15, -0.1) is 0 Å². The van der Waals surface area contributed by atoms with E-state index in [9.17, 15) is 4.79 Å². The Morgan fingerprint density at radius 3 is 2.82 bits per heavy atom. The van der Waals surface area contributed by atoms with Crippen molar-refractivity contribution in [2.24, 2.45) is 5.41 Å². The Bertz CT molecular complexity index is 955. The van der Waals surface area contributed by atoms with Crippen molar-refractivity contribution in [1.82, 2.24) is 14.9 Å². The van der Waals surface area contributed by atoms with Gasteiger partial charge in [-0.2, -0.15) is 0 Å². The summed E-state index contributed by atoms with van der Waals surface area (Å²) in [5, 5.41) is 1.12. The topological polar surface area (TPSA) is 49.3 Å². The van der Waals surface area contributed by atoms with E-state index in [2.05, 4.69) is 28.1 Å². The maximum Gasteiger partial charge on any atom is 0.222 e. The van der Waals surface area contributed by atoms with Crippen molar-refractivity contribution in [2.45, 2.75) is 32.2 Å². The largest absolute Gasteiger partial charge is 0.347 e. The molecule has 3 aromatic rings. The Morgan fingerprint density at radius 2 is 1.96 bits per heavy atom. The number of para-hydroxylation sites is 1. The normalized spacial score (nSPS) is 22.9. The highest BCUT2D eigenvalue weighted by molar-refractivity contribution is 7.22. The average molecular weight is 393 g/mol. The zero-order chi connectivity index (χ0) is 19.0. The molecule has 2 aliphatic heterocycles. The number of benzene rings is 1. The first-order valence-corrected chi connectivity index (χ1v) is 10.8. The molecule has 0 N–H and O–H groups in total. The molecule has 1 aromatic carbocycles. The van der Waals surface area contributed by atoms with Gasteiger partial charge in [-0.25, -0.2) is 4.98 Å². The zero-order valence-corrected chi connectivity index (χ0v) is 16.7. The molecule has 28 heavy (non-hydrogen) atoms. The molecule has 2 saturated heterocycles. The second-order valence-corrected chi connectivity index (χ2v) is 9.07. The number of hydrogen-bond donors (Lipinski definition) is 0. The van der Waals surface area contributed by atoms with Crippen LogP contribution in [0.15, 0.2) is 48.7 Å². The fourth-order valence-corrected chi connectivity index (χ4v) is 5.62. The van der Waals surface area contributed by atoms with Crippen LogP contribution in [-0.4, -0.2) is 40.4 Å². The fraction of sp³-hybridized carbons (Fsp3) is 0.409. The van der Waals surface area contributed by atoms with Gasteiger partial charge in [-0.1, -0.05) is 29.5 Å². The number of pyridine rings is 1. The van der Waals surface area contributed by atoms with Crippen LogP contribution in [0.3, 0.4) is 0 Å². The molecule has 0 saturated carbocycles. The van der Waals surface area contributed by atoms with E-state index in [0.717, 1.165) is 48.8 Å². The van der Waals surface area contributed by atoms with E-state index in [4.69, 9.17) is 4.98 Å². The molecule has 1 atom stereocenters. The van der Waals surface area contributed by atoms with Gasteiger partial charge in [-0.3, -0.25) is 9.78 Å². The average Bonchev–Trinajstić information content (AvgIpc) is 3.16. The van der Waals surface area contributed by atoms with Crippen LogP contribution in [0.25, 0.3) is 10.2 Å². The Balaban J connectivity index is 1.36. The van der Waals surface area contributed by atoms with E-state index in [1.165, 1.54) is 11.1 Å². The lowest BCUT2D eigenvalue weighted by Crippen LogP contribution is -2.53. The highest BCUT2D eigenvalue weighted by Crippen LogP contribution is 2.41. The lowest BCUT2D eigenvalue weighted by Gasteiger charge is -2.48. The molecule has 6 heteroatoms. The first-order chi connectivity index (χ1) is 13.7. The highest BCUT2D eigenvalue weighted by atomic mass is 32.1. The summed E-state index contributed by atoms with van der Waals surface area (Å²) in [6, 6.07) is 14.3. The van der Waals surface area contributed by atoms with E-state index in [-0.39, 0.29) is 11.3 Å². The van der Waals surface area contributed by atoms with Crippen LogP contribution in [0.4, 0.5) is 5.13 Å². The number of hydrogen-bond acceptors (Lipinski definition) is 5. The van der Waals surface area contributed by atoms with Crippen LogP contribution in [0, 0.1) is 5.41 Å². The molecule has 1 amide bonds. The number of nitrogens with zero attached hydrogens (tertiary/aromatic N) is 4. The van der Waals surface area contributed by atoms with E-state index < -0.39 is 0 Å². The summed E-state index contributed by atoms with van der Waals surface area (Å²) in [5.41, 5.74) is 2.21. The van der Waals surface area contributed by atoms with E-state index in [1.54, 1.807) is 17.5 Å². The Hall–Kier alpha value is -2.47. The van der Waals surface area contributed by atoms with Crippen LogP contribution < -0.4 is 4.90 Å². The third-order valence-corrected chi connectivity index (χ3v) is 7.14. The van der Waals surface area contributed by atoms with E-state index >= 15 is 0 Å². The number of fused-ring (bicyclic) bond motifs is 1. The maximum atomic E-state index is 12.6. The number of piperidine rings is 2. The number of carbonyl (C=O) groups excluding carboxylic acids is 1. The van der Waals surface area contributed by atoms with Crippen molar-refractivity contribution in [3.8, 4) is 0 Å². The number of amides is 1. The van der Waals surface area contributed by atoms with Gasteiger partial charge in [0.15, 0.2) is 5.13 Å². The SMILES string of the molecule is O=C1CC[C@@]2(CCCN(c3nc4ccccc4s3)C2)CN1Cc1ccccn1. The van der Waals surface area contributed by atoms with E-state index in [0.29, 0.717) is 13.0 Å². The number of thiazole rings is 1. The summed E-state index contributed by atoms with van der Waals surface area (Å²) < 4.78 is 1.24. The first-order valence-electron chi connectivity index (χ1n) is 9.99. The minimum Gasteiger partial charge on any atom is -0.347 e. The molecule has 2 fully saturated rings. The van der Waals surface area contributed by atoms with Gasteiger partial charge >= 0.3 is 0 Å². The smallest absolute Gasteiger partial charge is 0.222 e. The molecule has 144 valence electrons. The molecule has 5 nitrogen and oxygen atoms in total. The highest BCUT2D eigenvalue weighted by Gasteiger charge is 2.42. The Labute approximate surface area is 169 Å². The molecule has 0 radical (unpaired) electrons. The number of rotatable bonds is 3. The van der Waals surface area contributed by atoms with Gasteiger partial charge in [0.25, 0.3) is 0 Å². The van der Waals surface area contributed by atoms with Gasteiger partial charge in [0, 0.05) is 37.7 Å². The summed E-state index contributed by atoms with van der Waals surface area (Å²) in [6.45, 7) is 3.47. The predicted molar refractivity (Wildman–Crippen MR) is 112 cm³/mol. The van der Waals surface area contributed by atoms with Gasteiger partial charge < -0.3 is 9.80 Å². The second-order valence-electron chi connectivity index (χ2n) is 8.06. The molecule has 2 aromatic heterocycles. The zero-order valence-electron chi connectivity index (χ0n) is 15.9. The molecule has 0 aliphatic carbocycles. The minimum absolute atomic E-state index is 0.165. The van der Waals surface area contributed by atoms with Crippen LogP contribution in [0.2, 0.25) is 0 Å². The van der Waals surface area contributed by atoms with E-state index in [1.807, 2.05) is 29.2 Å². The molecule has 1 spiro atoms. The molecule has 4 heterocycles. The molecule has 0 bridgehead atoms. The van der Waals surface area contributed by atoms with Crippen molar-refractivity contribution < 1.29 is 4.79 Å². The summed E-state index contributed by atoms with van der Waals surface area (Å²) in [4.78, 5) is 26.3. The monoisotopic (exact) mass is 392 g/mol. The first kappa shape index (κ1) is 17.6. The van der Waals surface area contributed by atoms with Crippen LogP contribution in [0.1, 0.15) is 31.4 Å². The molecular formula is C22H24N4OS. The third kappa shape index (κ3) is 3.37. The standard InChI is InChI=1S/C22H24N4OS/c27-20-9-11-22(16-26(20)14-17-6-3-4-12-23-17)10-5-13-25(15-22)21-24-18-7-1-2-8-19(18)28-21/h1-4,6-8,12H,5,9-11,13-16H2/t22-/m1/s1. The quantitative estimate of drug-likeness (QED) is 0.673. The minimum atomic E-state index is 0.165. The number of carbonyl (C=O) groups is 1. The molecular weight excluding hydrogens is 368 g/mol. The Morgan fingerprint density at radius 1 is 1.07 bits per heavy atom. The van der Waals surface area contributed by atoms with Gasteiger partial charge in [0.2, 0.25) is 5.91 Å². The summed E-state index contributed by atoms with van der Waals surface area (Å²) in [7, 11) is 0. The van der Waals surface area contributed by atoms with Crippen molar-refractivity contribution in [2.75, 3.05) is 24.5 Å². The van der Waals surface area contributed by atoms with Crippen molar-refractivity contribution in [3.63, 3.8) is 0 Å². The summed E-state index contributed by atoms with van der Waals surface area (Å²) in [6.07, 6.45) is 5.75. The lowest BCUT2D eigenvalue weighted by molar-refractivity contribution is -0.138. The summed E-state index contributed by atoms with van der Waals surface area (Å²) in [5.74, 6) is 0.258. The number of likely N-dealkylation sites (tertiary alicyclic amines) is 1. The van der Waals surface area contributed by atoms with Crippen LogP contribution in [-0.2, 0) is 11.3 Å².